The van der Waals surface area contributed by atoms with Crippen LogP contribution in [0.25, 0.3) is 10.9 Å². The first-order valence-electron chi connectivity index (χ1n) is 10.6. The van der Waals surface area contributed by atoms with Gasteiger partial charge in [0.25, 0.3) is 0 Å². The molecule has 31 heavy (non-hydrogen) atoms. The van der Waals surface area contributed by atoms with Crippen molar-refractivity contribution in [2.45, 2.75) is 13.8 Å². The molecule has 0 radical (unpaired) electrons. The van der Waals surface area contributed by atoms with E-state index < -0.39 is 0 Å². The molecule has 1 saturated heterocycles. The molecule has 2 aromatic heterocycles. The minimum atomic E-state index is 0.556. The van der Waals surface area contributed by atoms with E-state index in [9.17, 15) is 0 Å². The number of nitrogens with zero attached hydrogens (tertiary/aromatic N) is 3. The number of ether oxygens (including phenoxy) is 2. The molecule has 0 saturated carbocycles. The van der Waals surface area contributed by atoms with Crippen molar-refractivity contribution in [1.82, 2.24) is 15.3 Å². The van der Waals surface area contributed by atoms with E-state index in [2.05, 4.69) is 56.7 Å². The summed E-state index contributed by atoms with van der Waals surface area (Å²) in [4.78, 5) is 10.3. The number of rotatable bonds is 8. The Hall–Kier alpha value is -3.10. The third kappa shape index (κ3) is 5.15. The molecule has 1 fully saturated rings. The molecule has 0 atom stereocenters. The van der Waals surface area contributed by atoms with Gasteiger partial charge in [0, 0.05) is 48.0 Å². The van der Waals surface area contributed by atoms with Crippen LogP contribution in [0.2, 0.25) is 0 Å². The van der Waals surface area contributed by atoms with Gasteiger partial charge in [-0.25, -0.2) is 4.98 Å². The number of anilines is 2. The number of aromatic nitrogens is 2. The van der Waals surface area contributed by atoms with Crippen LogP contribution < -0.4 is 20.4 Å². The highest BCUT2D eigenvalue weighted by atomic mass is 16.5. The second-order valence-electron chi connectivity index (χ2n) is 7.65. The van der Waals surface area contributed by atoms with E-state index in [0.29, 0.717) is 12.5 Å². The fourth-order valence-corrected chi connectivity index (χ4v) is 3.62. The predicted molar refractivity (Wildman–Crippen MR) is 126 cm³/mol. The number of nitrogens with one attached hydrogen (secondary N) is 3. The van der Waals surface area contributed by atoms with Gasteiger partial charge in [-0.05, 0) is 50.7 Å². The number of hydrogen-bond acceptors (Lipinski definition) is 7. The summed E-state index contributed by atoms with van der Waals surface area (Å²) in [6, 6.07) is 10.2. The van der Waals surface area contributed by atoms with Gasteiger partial charge in [-0.2, -0.15) is 5.10 Å². The van der Waals surface area contributed by atoms with Crippen molar-refractivity contribution in [2.24, 2.45) is 5.10 Å². The van der Waals surface area contributed by atoms with Crippen LogP contribution in [0.15, 0.2) is 35.4 Å². The monoisotopic (exact) mass is 422 g/mol. The van der Waals surface area contributed by atoms with Gasteiger partial charge in [-0.3, -0.25) is 5.43 Å². The summed E-state index contributed by atoms with van der Waals surface area (Å²) in [7, 11) is 1.90. The lowest BCUT2D eigenvalue weighted by Crippen LogP contribution is -2.36. The third-order valence-corrected chi connectivity index (χ3v) is 5.48. The van der Waals surface area contributed by atoms with Crippen LogP contribution in [0.5, 0.6) is 5.88 Å². The summed E-state index contributed by atoms with van der Waals surface area (Å²) in [6.07, 6.45) is 1.73. The van der Waals surface area contributed by atoms with Crippen molar-refractivity contribution < 1.29 is 9.47 Å². The molecule has 8 nitrogen and oxygen atoms in total. The Kier molecular flexibility index (Phi) is 6.69. The molecule has 0 bridgehead atoms. The highest BCUT2D eigenvalue weighted by Crippen LogP contribution is 2.25. The number of H-pyrrole nitrogens is 1. The van der Waals surface area contributed by atoms with E-state index in [-0.39, 0.29) is 0 Å². The zero-order valence-electron chi connectivity index (χ0n) is 18.4. The van der Waals surface area contributed by atoms with Crippen LogP contribution in [0.1, 0.15) is 17.0 Å². The van der Waals surface area contributed by atoms with Gasteiger partial charge in [0.05, 0.1) is 30.8 Å². The minimum absolute atomic E-state index is 0.556. The fraction of sp³-hybridized carbons (Fsp3) is 0.391. The molecule has 8 heteroatoms. The van der Waals surface area contributed by atoms with Crippen LogP contribution in [0.3, 0.4) is 0 Å². The molecule has 4 rings (SSSR count). The Morgan fingerprint density at radius 1 is 1.23 bits per heavy atom. The van der Waals surface area contributed by atoms with Crippen LogP contribution in [0.4, 0.5) is 11.4 Å². The molecule has 0 amide bonds. The SMILES string of the molecule is CNCCOc1cc(N2CCOCC2)cc(C=NNc2ccc3[nH]c(C)c(C)c3c2)n1. The summed E-state index contributed by atoms with van der Waals surface area (Å²) in [5, 5.41) is 8.70. The molecule has 3 heterocycles. The van der Waals surface area contributed by atoms with Crippen molar-refractivity contribution >= 4 is 28.5 Å². The third-order valence-electron chi connectivity index (χ3n) is 5.48. The average Bonchev–Trinajstić information content (AvgIpc) is 3.08. The normalized spacial score (nSPS) is 14.5. The largest absolute Gasteiger partial charge is 0.476 e. The molecule has 164 valence electrons. The molecule has 0 unspecified atom stereocenters. The maximum atomic E-state index is 5.83. The topological polar surface area (TPSA) is 86.8 Å². The number of aromatic amines is 1. The second-order valence-corrected chi connectivity index (χ2v) is 7.65. The maximum absolute atomic E-state index is 5.83. The van der Waals surface area contributed by atoms with Crippen LogP contribution >= 0.6 is 0 Å². The molecular formula is C23H30N6O2. The van der Waals surface area contributed by atoms with Gasteiger partial charge in [0.2, 0.25) is 5.88 Å². The Balaban J connectivity index is 1.52. The molecule has 1 aliphatic rings. The summed E-state index contributed by atoms with van der Waals surface area (Å²) >= 11 is 0. The molecule has 1 aliphatic heterocycles. The number of morpholine rings is 1. The summed E-state index contributed by atoms with van der Waals surface area (Å²) in [6.45, 7) is 8.68. The molecule has 0 spiro atoms. The Morgan fingerprint density at radius 2 is 2.06 bits per heavy atom. The average molecular weight is 423 g/mol. The van der Waals surface area contributed by atoms with Gasteiger partial charge in [-0.1, -0.05) is 0 Å². The zero-order valence-corrected chi connectivity index (χ0v) is 18.4. The minimum Gasteiger partial charge on any atom is -0.476 e. The van der Waals surface area contributed by atoms with Crippen molar-refractivity contribution in [3.63, 3.8) is 0 Å². The van der Waals surface area contributed by atoms with E-state index in [1.54, 1.807) is 6.21 Å². The number of hydrogen-bond donors (Lipinski definition) is 3. The highest BCUT2D eigenvalue weighted by molar-refractivity contribution is 5.87. The van der Waals surface area contributed by atoms with Crippen molar-refractivity contribution in [3.8, 4) is 5.88 Å². The lowest BCUT2D eigenvalue weighted by molar-refractivity contribution is 0.122. The molecule has 3 aromatic rings. The van der Waals surface area contributed by atoms with E-state index in [1.807, 2.05) is 25.2 Å². The van der Waals surface area contributed by atoms with Crippen LogP contribution in [0, 0.1) is 13.8 Å². The van der Waals surface area contributed by atoms with Crippen molar-refractivity contribution in [1.29, 1.82) is 0 Å². The molecule has 0 aliphatic carbocycles. The number of pyridine rings is 1. The Morgan fingerprint density at radius 3 is 2.87 bits per heavy atom. The standard InChI is InChI=1S/C23H30N6O2/c1-16-17(2)26-22-5-4-18(13-21(16)22)28-25-15-19-12-20(29-7-10-30-11-8-29)14-23(27-19)31-9-6-24-3/h4-5,12-15,24,26,28H,6-11H2,1-3H3. The van der Waals surface area contributed by atoms with Crippen molar-refractivity contribution in [2.75, 3.05) is 56.8 Å². The van der Waals surface area contributed by atoms with Gasteiger partial charge in [-0.15, -0.1) is 0 Å². The van der Waals surface area contributed by atoms with Gasteiger partial charge >= 0.3 is 0 Å². The molecule has 1 aromatic carbocycles. The highest BCUT2D eigenvalue weighted by Gasteiger charge is 2.14. The molecule has 3 N–H and O–H groups in total. The lowest BCUT2D eigenvalue weighted by Gasteiger charge is -2.29. The predicted octanol–water partition coefficient (Wildman–Crippen LogP) is 3.06. The lowest BCUT2D eigenvalue weighted by atomic mass is 10.1. The second kappa shape index (κ2) is 9.80. The smallest absolute Gasteiger partial charge is 0.215 e. The van der Waals surface area contributed by atoms with E-state index in [1.165, 1.54) is 16.6 Å². The summed E-state index contributed by atoms with van der Waals surface area (Å²) in [5.41, 5.74) is 9.44. The fourth-order valence-electron chi connectivity index (χ4n) is 3.62. The van der Waals surface area contributed by atoms with E-state index >= 15 is 0 Å². The summed E-state index contributed by atoms with van der Waals surface area (Å²) in [5.74, 6) is 0.598. The number of aryl methyl sites for hydroxylation is 2. The van der Waals surface area contributed by atoms with E-state index in [4.69, 9.17) is 9.47 Å². The van der Waals surface area contributed by atoms with Gasteiger partial charge in [0.15, 0.2) is 0 Å². The summed E-state index contributed by atoms with van der Waals surface area (Å²) < 4.78 is 11.3. The van der Waals surface area contributed by atoms with E-state index in [0.717, 1.165) is 55.4 Å². The Bertz CT molecular complexity index is 1060. The van der Waals surface area contributed by atoms with Gasteiger partial charge < -0.3 is 24.7 Å². The quantitative estimate of drug-likeness (QED) is 0.294. The number of likely N-dealkylation sites (N-methyl/N-ethyl adjacent to an activating group) is 1. The van der Waals surface area contributed by atoms with Crippen molar-refractivity contribution in [3.05, 3.63) is 47.3 Å². The number of fused-ring (bicyclic) bond motifs is 1. The first-order valence-corrected chi connectivity index (χ1v) is 10.6. The van der Waals surface area contributed by atoms with Crippen LogP contribution in [-0.2, 0) is 4.74 Å². The zero-order chi connectivity index (χ0) is 21.6. The number of benzene rings is 1. The van der Waals surface area contributed by atoms with Gasteiger partial charge in [0.1, 0.15) is 6.61 Å². The first-order chi connectivity index (χ1) is 15.1. The Labute approximate surface area is 182 Å². The first kappa shape index (κ1) is 21.1. The van der Waals surface area contributed by atoms with Crippen LogP contribution in [-0.4, -0.2) is 62.7 Å². The maximum Gasteiger partial charge on any atom is 0.215 e. The molecular weight excluding hydrogens is 392 g/mol. The number of hydrazone groups is 1.